The summed E-state index contributed by atoms with van der Waals surface area (Å²) in [7, 11) is 0. The second-order valence-corrected chi connectivity index (χ2v) is 7.58. The normalized spacial score (nSPS) is 13.2. The van der Waals surface area contributed by atoms with Crippen molar-refractivity contribution in [3.8, 4) is 0 Å². The first-order chi connectivity index (χ1) is 9.13. The summed E-state index contributed by atoms with van der Waals surface area (Å²) in [5.74, 6) is 0. The van der Waals surface area contributed by atoms with E-state index in [1.165, 1.54) is 0 Å². The van der Waals surface area contributed by atoms with E-state index >= 15 is 0 Å². The van der Waals surface area contributed by atoms with Gasteiger partial charge in [0.05, 0.1) is 5.69 Å². The van der Waals surface area contributed by atoms with Gasteiger partial charge in [-0.1, -0.05) is 11.3 Å². The van der Waals surface area contributed by atoms with Crippen LogP contribution < -0.4 is 5.73 Å². The van der Waals surface area contributed by atoms with Crippen molar-refractivity contribution in [3.63, 3.8) is 0 Å². The Morgan fingerprint density at radius 3 is 3.00 bits per heavy atom. The highest BCUT2D eigenvalue weighted by Gasteiger charge is 2.17. The van der Waals surface area contributed by atoms with E-state index in [0.29, 0.717) is 0 Å². The Morgan fingerprint density at radius 1 is 1.47 bits per heavy atom. The van der Waals surface area contributed by atoms with Crippen LogP contribution in [0.1, 0.15) is 17.6 Å². The van der Waals surface area contributed by atoms with Gasteiger partial charge in [0.2, 0.25) is 0 Å². The van der Waals surface area contributed by atoms with Crippen molar-refractivity contribution in [2.24, 2.45) is 5.73 Å². The summed E-state index contributed by atoms with van der Waals surface area (Å²) >= 11 is 4.79. The summed E-state index contributed by atoms with van der Waals surface area (Å²) in [6.45, 7) is 3.96. The van der Waals surface area contributed by atoms with Crippen molar-refractivity contribution in [3.05, 3.63) is 22.3 Å². The summed E-state index contributed by atoms with van der Waals surface area (Å²) in [4.78, 5) is 5.66. The smallest absolute Gasteiger partial charge is 0.194 e. The van der Waals surface area contributed by atoms with E-state index in [-0.39, 0.29) is 6.04 Å². The van der Waals surface area contributed by atoms with E-state index in [1.807, 2.05) is 25.4 Å². The van der Waals surface area contributed by atoms with Gasteiger partial charge in [0.25, 0.3) is 0 Å². The number of aryl methyl sites for hydroxylation is 1. The molecule has 19 heavy (non-hydrogen) atoms. The third kappa shape index (κ3) is 2.66. The molecule has 0 spiro atoms. The first-order valence-electron chi connectivity index (χ1n) is 5.81. The Bertz CT molecular complexity index is 696. The minimum Gasteiger partial charge on any atom is -0.328 e. The molecule has 3 aromatic rings. The van der Waals surface area contributed by atoms with Crippen molar-refractivity contribution in [1.82, 2.24) is 19.6 Å². The average molecular weight is 311 g/mol. The monoisotopic (exact) mass is 311 g/mol. The number of rotatable bonds is 4. The van der Waals surface area contributed by atoms with Gasteiger partial charge in [-0.15, -0.1) is 21.5 Å². The number of hydrogen-bond donors (Lipinski definition) is 1. The van der Waals surface area contributed by atoms with Gasteiger partial charge in [0.15, 0.2) is 9.30 Å². The molecule has 8 heteroatoms. The highest BCUT2D eigenvalue weighted by molar-refractivity contribution is 8.01. The van der Waals surface area contributed by atoms with Crippen molar-refractivity contribution in [2.75, 3.05) is 0 Å². The molecule has 0 aliphatic heterocycles. The van der Waals surface area contributed by atoms with Gasteiger partial charge >= 0.3 is 0 Å². The predicted octanol–water partition coefficient (Wildman–Crippen LogP) is 2.60. The fourth-order valence-corrected chi connectivity index (χ4v) is 4.44. The van der Waals surface area contributed by atoms with Crippen LogP contribution in [0.2, 0.25) is 0 Å². The number of nitrogens with zero attached hydrogens (tertiary/aromatic N) is 4. The van der Waals surface area contributed by atoms with E-state index in [1.54, 1.807) is 34.4 Å². The molecule has 1 unspecified atom stereocenters. The van der Waals surface area contributed by atoms with Crippen molar-refractivity contribution in [2.45, 2.75) is 35.7 Å². The molecule has 100 valence electrons. The molecule has 3 aromatic heterocycles. The van der Waals surface area contributed by atoms with Gasteiger partial charge in [-0.3, -0.25) is 4.40 Å². The van der Waals surface area contributed by atoms with E-state index in [4.69, 9.17) is 5.73 Å². The van der Waals surface area contributed by atoms with E-state index in [9.17, 15) is 0 Å². The quantitative estimate of drug-likeness (QED) is 0.802. The van der Waals surface area contributed by atoms with Crippen LogP contribution in [-0.4, -0.2) is 25.6 Å². The number of hydrogen-bond acceptors (Lipinski definition) is 7. The van der Waals surface area contributed by atoms with Crippen LogP contribution in [0.4, 0.5) is 0 Å². The van der Waals surface area contributed by atoms with Crippen LogP contribution in [0.25, 0.3) is 4.96 Å². The zero-order chi connectivity index (χ0) is 13.4. The highest BCUT2D eigenvalue weighted by atomic mass is 32.2. The van der Waals surface area contributed by atoms with Crippen molar-refractivity contribution < 1.29 is 0 Å². The fourth-order valence-electron chi connectivity index (χ4n) is 1.79. The number of thiazole rings is 1. The lowest BCUT2D eigenvalue weighted by atomic mass is 10.2. The van der Waals surface area contributed by atoms with Crippen LogP contribution in [-0.2, 0) is 6.42 Å². The molecule has 0 radical (unpaired) electrons. The van der Waals surface area contributed by atoms with Crippen LogP contribution in [0.5, 0.6) is 0 Å². The van der Waals surface area contributed by atoms with Crippen LogP contribution in [0.3, 0.4) is 0 Å². The zero-order valence-corrected chi connectivity index (χ0v) is 13.0. The molecule has 0 saturated heterocycles. The Balaban J connectivity index is 1.99. The third-order valence-corrected chi connectivity index (χ3v) is 5.20. The molecule has 3 rings (SSSR count). The first-order valence-corrected chi connectivity index (χ1v) is 8.32. The lowest BCUT2D eigenvalue weighted by molar-refractivity contribution is 0.706. The van der Waals surface area contributed by atoms with E-state index in [2.05, 4.69) is 19.6 Å². The summed E-state index contributed by atoms with van der Waals surface area (Å²) < 4.78 is 3.04. The van der Waals surface area contributed by atoms with Crippen LogP contribution >= 0.6 is 34.4 Å². The number of fused-ring (bicyclic) bond motifs is 1. The molecule has 5 nitrogen and oxygen atoms in total. The molecular formula is C11H13N5S3. The summed E-state index contributed by atoms with van der Waals surface area (Å²) in [6.07, 6.45) is 2.85. The molecule has 0 aliphatic rings. The van der Waals surface area contributed by atoms with E-state index < -0.39 is 0 Å². The summed E-state index contributed by atoms with van der Waals surface area (Å²) in [5, 5.41) is 12.2. The average Bonchev–Trinajstić information content (AvgIpc) is 2.99. The number of nitrogens with two attached hydrogens (primary N) is 1. The highest BCUT2D eigenvalue weighted by Crippen LogP contribution is 2.33. The molecule has 0 amide bonds. The Morgan fingerprint density at radius 2 is 2.32 bits per heavy atom. The van der Waals surface area contributed by atoms with Gasteiger partial charge in [0.1, 0.15) is 10.0 Å². The fraction of sp³-hybridized carbons (Fsp3) is 0.364. The van der Waals surface area contributed by atoms with Crippen molar-refractivity contribution in [1.29, 1.82) is 0 Å². The molecule has 0 saturated carbocycles. The zero-order valence-electron chi connectivity index (χ0n) is 10.5. The van der Waals surface area contributed by atoms with Gasteiger partial charge < -0.3 is 5.73 Å². The molecule has 0 bridgehead atoms. The van der Waals surface area contributed by atoms with Gasteiger partial charge in [-0.2, -0.15) is 0 Å². The first kappa shape index (κ1) is 13.0. The molecule has 2 N–H and O–H groups in total. The second-order valence-electron chi connectivity index (χ2n) is 4.29. The van der Waals surface area contributed by atoms with Gasteiger partial charge in [-0.25, -0.2) is 4.98 Å². The maximum atomic E-state index is 5.94. The topological polar surface area (TPSA) is 69.1 Å². The summed E-state index contributed by atoms with van der Waals surface area (Å²) in [5.41, 5.74) is 7.09. The maximum absolute atomic E-state index is 5.94. The Kier molecular flexibility index (Phi) is 3.57. The molecular weight excluding hydrogens is 298 g/mol. The Labute approximate surface area is 122 Å². The lowest BCUT2D eigenvalue weighted by Crippen LogP contribution is -2.19. The second kappa shape index (κ2) is 5.20. The molecule has 0 aliphatic carbocycles. The Hall–Kier alpha value is -0.960. The standard InChI is InChI=1S/C11H13N5S3/c1-6(12)5-8-9(13-10-16(8)3-4-17-10)19-11-15-14-7(2)18-11/h3-4,6H,5,12H2,1-2H3. The van der Waals surface area contributed by atoms with Crippen LogP contribution in [0, 0.1) is 6.92 Å². The lowest BCUT2D eigenvalue weighted by Gasteiger charge is -2.05. The SMILES string of the molecule is Cc1nnc(Sc2nc3sccn3c2CC(C)N)s1. The molecule has 0 fully saturated rings. The minimum absolute atomic E-state index is 0.107. The van der Waals surface area contributed by atoms with Gasteiger partial charge in [0, 0.05) is 24.0 Å². The summed E-state index contributed by atoms with van der Waals surface area (Å²) in [6, 6.07) is 0.107. The molecule has 0 aromatic carbocycles. The van der Waals surface area contributed by atoms with Gasteiger partial charge in [-0.05, 0) is 25.6 Å². The van der Waals surface area contributed by atoms with E-state index in [0.717, 1.165) is 31.4 Å². The largest absolute Gasteiger partial charge is 0.328 e. The number of imidazole rings is 1. The number of aromatic nitrogens is 4. The predicted molar refractivity (Wildman–Crippen MR) is 79.2 cm³/mol. The molecule has 1 atom stereocenters. The maximum Gasteiger partial charge on any atom is 0.194 e. The third-order valence-electron chi connectivity index (χ3n) is 2.53. The van der Waals surface area contributed by atoms with Crippen LogP contribution in [0.15, 0.2) is 20.9 Å². The molecule has 3 heterocycles. The van der Waals surface area contributed by atoms with Crippen molar-refractivity contribution >= 4 is 39.4 Å². The minimum atomic E-state index is 0.107.